The molecule has 1 saturated heterocycles. The van der Waals surface area contributed by atoms with Gasteiger partial charge in [-0.05, 0) is 6.08 Å². The summed E-state index contributed by atoms with van der Waals surface area (Å²) >= 11 is 0. The molecule has 0 aromatic heterocycles. The Hall–Kier alpha value is -1.49. The minimum Gasteiger partial charge on any atom is -0.469 e. The highest BCUT2D eigenvalue weighted by molar-refractivity contribution is 5.70. The largest absolute Gasteiger partial charge is 0.469 e. The Kier molecular flexibility index (Phi) is 3.68. The molecule has 0 amide bonds. The zero-order chi connectivity index (χ0) is 12.3. The molecule has 5 heteroatoms. The van der Waals surface area contributed by atoms with E-state index in [1.54, 1.807) is 7.11 Å². The molecule has 2 rings (SSSR count). The van der Waals surface area contributed by atoms with E-state index in [9.17, 15) is 4.79 Å². The van der Waals surface area contributed by atoms with Crippen LogP contribution in [0.5, 0.6) is 0 Å². The molecule has 17 heavy (non-hydrogen) atoms. The molecule has 5 nitrogen and oxygen atoms in total. The number of nitrogens with one attached hydrogen (secondary N) is 1. The molecule has 0 aliphatic carbocycles. The van der Waals surface area contributed by atoms with Gasteiger partial charge in [0.25, 0.3) is 0 Å². The van der Waals surface area contributed by atoms with Crippen molar-refractivity contribution in [2.24, 2.45) is 0 Å². The van der Waals surface area contributed by atoms with Gasteiger partial charge in [-0.1, -0.05) is 12.2 Å². The molecule has 0 aromatic rings. The minimum absolute atomic E-state index is 0.0176. The van der Waals surface area contributed by atoms with Gasteiger partial charge in [-0.15, -0.1) is 0 Å². The first-order valence-electron chi connectivity index (χ1n) is 5.72. The Morgan fingerprint density at radius 1 is 1.53 bits per heavy atom. The van der Waals surface area contributed by atoms with Crippen molar-refractivity contribution in [3.63, 3.8) is 0 Å². The number of hydrogen-bond acceptors (Lipinski definition) is 5. The van der Waals surface area contributed by atoms with Crippen molar-refractivity contribution in [2.45, 2.75) is 18.6 Å². The Bertz CT molecular complexity index is 346. The molecule has 1 unspecified atom stereocenters. The quantitative estimate of drug-likeness (QED) is 0.711. The van der Waals surface area contributed by atoms with E-state index in [0.717, 1.165) is 18.9 Å². The summed E-state index contributed by atoms with van der Waals surface area (Å²) in [6, 6.07) is 0.0176. The summed E-state index contributed by atoms with van der Waals surface area (Å²) in [6.45, 7) is 1.79. The number of nitrogens with zero attached hydrogens (tertiary/aromatic N) is 1. The van der Waals surface area contributed by atoms with Gasteiger partial charge in [-0.3, -0.25) is 4.79 Å². The third-order valence-corrected chi connectivity index (χ3v) is 3.07. The van der Waals surface area contributed by atoms with Crippen molar-refractivity contribution in [2.75, 3.05) is 27.3 Å². The molecule has 1 atom stereocenters. The predicted octanol–water partition coefficient (Wildman–Crippen LogP) is 0.250. The van der Waals surface area contributed by atoms with Gasteiger partial charge in [0.15, 0.2) is 0 Å². The van der Waals surface area contributed by atoms with Crippen LogP contribution >= 0.6 is 0 Å². The fourth-order valence-corrected chi connectivity index (χ4v) is 1.93. The first kappa shape index (κ1) is 12.0. The Morgan fingerprint density at radius 2 is 2.29 bits per heavy atom. The number of likely N-dealkylation sites (tertiary alicyclic amines) is 1. The van der Waals surface area contributed by atoms with Crippen molar-refractivity contribution in [1.82, 2.24) is 10.2 Å². The van der Waals surface area contributed by atoms with Gasteiger partial charge in [0, 0.05) is 20.2 Å². The summed E-state index contributed by atoms with van der Waals surface area (Å²) in [6.07, 6.45) is 6.63. The van der Waals surface area contributed by atoms with Crippen LogP contribution in [0.15, 0.2) is 24.0 Å². The van der Waals surface area contributed by atoms with Gasteiger partial charge in [-0.2, -0.15) is 0 Å². The molecule has 0 bridgehead atoms. The molecule has 2 aliphatic rings. The monoisotopic (exact) mass is 238 g/mol. The highest BCUT2D eigenvalue weighted by Crippen LogP contribution is 2.18. The lowest BCUT2D eigenvalue weighted by atomic mass is 10.1. The number of rotatable bonds is 4. The van der Waals surface area contributed by atoms with E-state index < -0.39 is 0 Å². The zero-order valence-electron chi connectivity index (χ0n) is 10.2. The lowest BCUT2D eigenvalue weighted by molar-refractivity contribution is -0.140. The number of dihydropyridines is 1. The third kappa shape index (κ3) is 2.79. The van der Waals surface area contributed by atoms with Crippen molar-refractivity contribution >= 4 is 5.97 Å². The van der Waals surface area contributed by atoms with Gasteiger partial charge in [-0.25, -0.2) is 0 Å². The molecule has 94 valence electrons. The topological polar surface area (TPSA) is 50.8 Å². The second-order valence-electron chi connectivity index (χ2n) is 4.23. The lowest BCUT2D eigenvalue weighted by Crippen LogP contribution is -2.54. The van der Waals surface area contributed by atoms with E-state index in [-0.39, 0.29) is 12.0 Å². The first-order chi connectivity index (χ1) is 8.22. The molecular formula is C12H18N2O3. The Balaban J connectivity index is 1.84. The smallest absolute Gasteiger partial charge is 0.307 e. The molecule has 0 aromatic carbocycles. The maximum atomic E-state index is 11.2. The first-order valence-corrected chi connectivity index (χ1v) is 5.72. The second kappa shape index (κ2) is 5.23. The highest BCUT2D eigenvalue weighted by atomic mass is 16.5. The van der Waals surface area contributed by atoms with Crippen molar-refractivity contribution in [1.29, 1.82) is 0 Å². The van der Waals surface area contributed by atoms with Crippen LogP contribution in [-0.2, 0) is 14.3 Å². The van der Waals surface area contributed by atoms with E-state index in [1.165, 1.54) is 7.11 Å². The fraction of sp³-hybridized carbons (Fsp3) is 0.583. The summed E-state index contributed by atoms with van der Waals surface area (Å²) in [4.78, 5) is 13.4. The van der Waals surface area contributed by atoms with Gasteiger partial charge < -0.3 is 19.7 Å². The number of hydrogen-bond donors (Lipinski definition) is 1. The Morgan fingerprint density at radius 3 is 2.94 bits per heavy atom. The summed E-state index contributed by atoms with van der Waals surface area (Å²) in [5.41, 5.74) is 0. The molecule has 2 aliphatic heterocycles. The summed E-state index contributed by atoms with van der Waals surface area (Å²) in [5.74, 6) is 0.849. The number of ether oxygens (including phenoxy) is 2. The van der Waals surface area contributed by atoms with Crippen molar-refractivity contribution in [3.05, 3.63) is 24.0 Å². The van der Waals surface area contributed by atoms with Crippen LogP contribution in [0.25, 0.3) is 0 Å². The lowest BCUT2D eigenvalue weighted by Gasteiger charge is -2.42. The molecule has 0 saturated carbocycles. The number of esters is 1. The van der Waals surface area contributed by atoms with Crippen molar-refractivity contribution < 1.29 is 14.3 Å². The predicted molar refractivity (Wildman–Crippen MR) is 63.1 cm³/mol. The van der Waals surface area contributed by atoms with Gasteiger partial charge in [0.2, 0.25) is 0 Å². The van der Waals surface area contributed by atoms with E-state index >= 15 is 0 Å². The van der Waals surface area contributed by atoms with E-state index in [2.05, 4.69) is 15.0 Å². The van der Waals surface area contributed by atoms with Gasteiger partial charge in [0.1, 0.15) is 5.82 Å². The number of methoxy groups -OCH3 is 2. The summed E-state index contributed by atoms with van der Waals surface area (Å²) in [7, 11) is 3.13. The molecule has 0 spiro atoms. The van der Waals surface area contributed by atoms with Crippen LogP contribution < -0.4 is 5.32 Å². The molecule has 1 N–H and O–H groups in total. The third-order valence-electron chi connectivity index (χ3n) is 3.07. The van der Waals surface area contributed by atoms with Gasteiger partial charge >= 0.3 is 5.97 Å². The molecule has 2 heterocycles. The molecule has 0 radical (unpaired) electrons. The average molecular weight is 238 g/mol. The van der Waals surface area contributed by atoms with Crippen molar-refractivity contribution in [3.8, 4) is 0 Å². The number of allylic oxidation sites excluding steroid dienone is 2. The standard InChI is InChI=1S/C12H18N2O3/c1-16-10-7-14(8-10)11-5-3-4-9(13-11)6-12(15)17-2/h3-5,9-10,13H,6-8H2,1-2H3. The molecular weight excluding hydrogens is 220 g/mol. The van der Waals surface area contributed by atoms with Crippen LogP contribution in [0, 0.1) is 0 Å². The fourth-order valence-electron chi connectivity index (χ4n) is 1.93. The number of carbonyl (C=O) groups is 1. The minimum atomic E-state index is -0.202. The molecule has 1 fully saturated rings. The zero-order valence-corrected chi connectivity index (χ0v) is 10.2. The van der Waals surface area contributed by atoms with Crippen LogP contribution in [0.2, 0.25) is 0 Å². The Labute approximate surface area is 101 Å². The normalized spacial score (nSPS) is 23.8. The summed E-state index contributed by atoms with van der Waals surface area (Å²) < 4.78 is 9.88. The highest BCUT2D eigenvalue weighted by Gasteiger charge is 2.29. The number of carbonyl (C=O) groups excluding carboxylic acids is 1. The average Bonchev–Trinajstić information content (AvgIpc) is 2.28. The SMILES string of the molecule is COC(=O)CC1C=CC=C(N2CC(OC)C2)N1. The summed E-state index contributed by atoms with van der Waals surface area (Å²) in [5, 5.41) is 3.31. The van der Waals surface area contributed by atoms with Gasteiger partial charge in [0.05, 0.1) is 25.7 Å². The van der Waals surface area contributed by atoms with Crippen LogP contribution in [0.3, 0.4) is 0 Å². The van der Waals surface area contributed by atoms with Crippen LogP contribution in [-0.4, -0.2) is 50.3 Å². The van der Waals surface area contributed by atoms with E-state index in [4.69, 9.17) is 4.74 Å². The maximum Gasteiger partial charge on any atom is 0.307 e. The van der Waals surface area contributed by atoms with E-state index in [1.807, 2.05) is 18.2 Å². The van der Waals surface area contributed by atoms with Crippen LogP contribution in [0.4, 0.5) is 0 Å². The van der Waals surface area contributed by atoms with E-state index in [0.29, 0.717) is 12.5 Å². The van der Waals surface area contributed by atoms with Crippen LogP contribution in [0.1, 0.15) is 6.42 Å². The maximum absolute atomic E-state index is 11.2. The second-order valence-corrected chi connectivity index (χ2v) is 4.23.